The van der Waals surface area contributed by atoms with Gasteiger partial charge in [-0.3, -0.25) is 5.10 Å². The van der Waals surface area contributed by atoms with Crippen molar-refractivity contribution in [3.63, 3.8) is 0 Å². The normalized spacial score (nSPS) is 21.7. The van der Waals surface area contributed by atoms with Crippen molar-refractivity contribution in [1.29, 1.82) is 0 Å². The van der Waals surface area contributed by atoms with Crippen LogP contribution in [0.2, 0.25) is 0 Å². The van der Waals surface area contributed by atoms with E-state index >= 15 is 0 Å². The maximum Gasteiger partial charge on any atom is 0.199 e. The third-order valence-corrected chi connectivity index (χ3v) is 3.57. The summed E-state index contributed by atoms with van der Waals surface area (Å²) in [5, 5.41) is 7.33. The van der Waals surface area contributed by atoms with Gasteiger partial charge >= 0.3 is 0 Å². The van der Waals surface area contributed by atoms with Gasteiger partial charge in [0.1, 0.15) is 5.52 Å². The fourth-order valence-corrected chi connectivity index (χ4v) is 2.55. The van der Waals surface area contributed by atoms with Gasteiger partial charge in [-0.15, -0.1) is 0 Å². The SMILES string of the molecule is CC(C)N1CCC(c2[nH]nc3nccnc23)C1. The Balaban J connectivity index is 1.90. The van der Waals surface area contributed by atoms with Crippen molar-refractivity contribution in [1.82, 2.24) is 25.1 Å². The van der Waals surface area contributed by atoms with Crippen molar-refractivity contribution in [2.75, 3.05) is 13.1 Å². The molecule has 1 N–H and O–H groups in total. The van der Waals surface area contributed by atoms with E-state index in [1.807, 2.05) is 0 Å². The third-order valence-electron chi connectivity index (χ3n) is 3.57. The average Bonchev–Trinajstić information content (AvgIpc) is 2.95. The van der Waals surface area contributed by atoms with Crippen molar-refractivity contribution in [3.05, 3.63) is 18.1 Å². The van der Waals surface area contributed by atoms with E-state index in [0.29, 0.717) is 12.0 Å². The minimum Gasteiger partial charge on any atom is -0.300 e. The van der Waals surface area contributed by atoms with Gasteiger partial charge in [-0.2, -0.15) is 5.10 Å². The maximum absolute atomic E-state index is 4.38. The van der Waals surface area contributed by atoms with Gasteiger partial charge in [-0.25, -0.2) is 9.97 Å². The van der Waals surface area contributed by atoms with Gasteiger partial charge in [-0.1, -0.05) is 0 Å². The van der Waals surface area contributed by atoms with E-state index in [2.05, 4.69) is 38.9 Å². The van der Waals surface area contributed by atoms with Crippen LogP contribution in [0.25, 0.3) is 11.2 Å². The molecule has 17 heavy (non-hydrogen) atoms. The van der Waals surface area contributed by atoms with Gasteiger partial charge in [0.15, 0.2) is 5.65 Å². The van der Waals surface area contributed by atoms with Crippen LogP contribution in [0.1, 0.15) is 31.9 Å². The lowest BCUT2D eigenvalue weighted by molar-refractivity contribution is 0.272. The molecular weight excluding hydrogens is 214 g/mol. The number of H-pyrrole nitrogens is 1. The van der Waals surface area contributed by atoms with Crippen molar-refractivity contribution in [3.8, 4) is 0 Å². The summed E-state index contributed by atoms with van der Waals surface area (Å²) in [5.41, 5.74) is 2.81. The first-order chi connectivity index (χ1) is 8.25. The molecule has 1 fully saturated rings. The highest BCUT2D eigenvalue weighted by Crippen LogP contribution is 2.29. The summed E-state index contributed by atoms with van der Waals surface area (Å²) in [7, 11) is 0. The number of rotatable bonds is 2. The number of aromatic nitrogens is 4. The summed E-state index contributed by atoms with van der Waals surface area (Å²) in [6.45, 7) is 6.73. The lowest BCUT2D eigenvalue weighted by Crippen LogP contribution is -2.27. The molecule has 1 aliphatic heterocycles. The van der Waals surface area contributed by atoms with E-state index in [1.54, 1.807) is 12.4 Å². The zero-order chi connectivity index (χ0) is 11.8. The molecule has 5 nitrogen and oxygen atoms in total. The number of aromatic amines is 1. The Kier molecular flexibility index (Phi) is 2.55. The highest BCUT2D eigenvalue weighted by Gasteiger charge is 2.28. The van der Waals surface area contributed by atoms with Crippen molar-refractivity contribution < 1.29 is 0 Å². The monoisotopic (exact) mass is 231 g/mol. The van der Waals surface area contributed by atoms with Crippen molar-refractivity contribution >= 4 is 11.2 Å². The molecule has 5 heteroatoms. The maximum atomic E-state index is 4.38. The molecule has 0 amide bonds. The number of hydrogen-bond acceptors (Lipinski definition) is 4. The summed E-state index contributed by atoms with van der Waals surface area (Å²) in [6.07, 6.45) is 4.59. The Hall–Kier alpha value is -1.49. The van der Waals surface area contributed by atoms with Crippen molar-refractivity contribution in [2.45, 2.75) is 32.2 Å². The molecule has 0 saturated carbocycles. The van der Waals surface area contributed by atoms with Gasteiger partial charge in [0.25, 0.3) is 0 Å². The van der Waals surface area contributed by atoms with Crippen LogP contribution in [0.3, 0.4) is 0 Å². The second kappa shape index (κ2) is 4.07. The van der Waals surface area contributed by atoms with Gasteiger partial charge in [0.2, 0.25) is 0 Å². The van der Waals surface area contributed by atoms with Crippen LogP contribution < -0.4 is 0 Å². The minimum atomic E-state index is 0.513. The highest BCUT2D eigenvalue weighted by atomic mass is 15.2. The van der Waals surface area contributed by atoms with Crippen LogP contribution in [0, 0.1) is 0 Å². The first kappa shape index (κ1) is 10.7. The molecule has 1 unspecified atom stereocenters. The molecule has 2 aromatic heterocycles. The zero-order valence-electron chi connectivity index (χ0n) is 10.2. The third kappa shape index (κ3) is 1.80. The number of fused-ring (bicyclic) bond motifs is 1. The Morgan fingerprint density at radius 1 is 1.35 bits per heavy atom. The molecule has 0 radical (unpaired) electrons. The highest BCUT2D eigenvalue weighted by molar-refractivity contribution is 5.72. The Bertz CT molecular complexity index is 518. The summed E-state index contributed by atoms with van der Waals surface area (Å²) < 4.78 is 0. The van der Waals surface area contributed by atoms with Crippen LogP contribution in [-0.2, 0) is 0 Å². The Labute approximate surface area is 100 Å². The largest absolute Gasteiger partial charge is 0.300 e. The number of hydrogen-bond donors (Lipinski definition) is 1. The number of nitrogens with one attached hydrogen (secondary N) is 1. The number of likely N-dealkylation sites (tertiary alicyclic amines) is 1. The van der Waals surface area contributed by atoms with Crippen molar-refractivity contribution in [2.24, 2.45) is 0 Å². The molecule has 0 aromatic carbocycles. The molecule has 3 rings (SSSR count). The molecule has 0 bridgehead atoms. The van der Waals surface area contributed by atoms with Gasteiger partial charge in [0.05, 0.1) is 5.69 Å². The number of nitrogens with zero attached hydrogens (tertiary/aromatic N) is 4. The first-order valence-corrected chi connectivity index (χ1v) is 6.14. The first-order valence-electron chi connectivity index (χ1n) is 6.14. The van der Waals surface area contributed by atoms with Crippen LogP contribution in [-0.4, -0.2) is 44.2 Å². The predicted molar refractivity (Wildman–Crippen MR) is 65.8 cm³/mol. The second-order valence-corrected chi connectivity index (χ2v) is 4.94. The van der Waals surface area contributed by atoms with Gasteiger partial charge in [-0.05, 0) is 26.8 Å². The van der Waals surface area contributed by atoms with Crippen LogP contribution in [0.4, 0.5) is 0 Å². The average molecular weight is 231 g/mol. The van der Waals surface area contributed by atoms with E-state index in [4.69, 9.17) is 0 Å². The summed E-state index contributed by atoms with van der Waals surface area (Å²) in [4.78, 5) is 11.1. The van der Waals surface area contributed by atoms with Crippen LogP contribution in [0.5, 0.6) is 0 Å². The van der Waals surface area contributed by atoms with E-state index in [9.17, 15) is 0 Å². The molecule has 90 valence electrons. The van der Waals surface area contributed by atoms with Gasteiger partial charge < -0.3 is 4.90 Å². The standard InChI is InChI=1S/C12H17N5/c1-8(2)17-6-3-9(7-17)10-11-12(16-15-10)14-5-4-13-11/h4-5,8-9H,3,6-7H2,1-2H3,(H,14,15,16). The van der Waals surface area contributed by atoms with E-state index in [0.717, 1.165) is 29.9 Å². The van der Waals surface area contributed by atoms with Gasteiger partial charge in [0, 0.05) is 30.9 Å². The molecule has 0 spiro atoms. The summed E-state index contributed by atoms with van der Waals surface area (Å²) >= 11 is 0. The minimum absolute atomic E-state index is 0.513. The molecule has 1 aliphatic rings. The smallest absolute Gasteiger partial charge is 0.199 e. The fraction of sp³-hybridized carbons (Fsp3) is 0.583. The Morgan fingerprint density at radius 2 is 2.18 bits per heavy atom. The Morgan fingerprint density at radius 3 is 2.94 bits per heavy atom. The fourth-order valence-electron chi connectivity index (χ4n) is 2.55. The second-order valence-electron chi connectivity index (χ2n) is 4.94. The molecule has 1 atom stereocenters. The quantitative estimate of drug-likeness (QED) is 0.852. The topological polar surface area (TPSA) is 57.7 Å². The van der Waals surface area contributed by atoms with E-state index < -0.39 is 0 Å². The summed E-state index contributed by atoms with van der Waals surface area (Å²) in [5.74, 6) is 0.513. The van der Waals surface area contributed by atoms with E-state index in [-0.39, 0.29) is 0 Å². The molecule has 3 heterocycles. The van der Waals surface area contributed by atoms with Crippen LogP contribution >= 0.6 is 0 Å². The molecule has 1 saturated heterocycles. The molecular formula is C12H17N5. The lowest BCUT2D eigenvalue weighted by Gasteiger charge is -2.19. The predicted octanol–water partition coefficient (Wildman–Crippen LogP) is 1.55. The van der Waals surface area contributed by atoms with Crippen LogP contribution in [0.15, 0.2) is 12.4 Å². The molecule has 0 aliphatic carbocycles. The summed E-state index contributed by atoms with van der Waals surface area (Å²) in [6, 6.07) is 0.611. The van der Waals surface area contributed by atoms with E-state index in [1.165, 1.54) is 6.42 Å². The molecule has 2 aromatic rings. The lowest BCUT2D eigenvalue weighted by atomic mass is 10.0. The zero-order valence-corrected chi connectivity index (χ0v) is 10.2.